The summed E-state index contributed by atoms with van der Waals surface area (Å²) >= 11 is 26.2. The Morgan fingerprint density at radius 3 is 1.00 bits per heavy atom. The molecule has 0 saturated heterocycles. The molecule has 20 heteroatoms. The quantitative estimate of drug-likeness (QED) is 0.0504. The van der Waals surface area contributed by atoms with Crippen LogP contribution in [-0.4, -0.2) is 25.9 Å². The third-order valence-electron chi connectivity index (χ3n) is 7.82. The van der Waals surface area contributed by atoms with Crippen molar-refractivity contribution in [1.82, 2.24) is 0 Å². The minimum Gasteiger partial charge on any atom is -0.396 e. The molecule has 0 aliphatic rings. The van der Waals surface area contributed by atoms with Gasteiger partial charge in [-0.15, -0.1) is 20.5 Å². The Kier molecular flexibility index (Phi) is 9.71. The van der Waals surface area contributed by atoms with Gasteiger partial charge in [0.1, 0.15) is 32.5 Å². The summed E-state index contributed by atoms with van der Waals surface area (Å²) in [5.41, 5.74) is 24.2. The van der Waals surface area contributed by atoms with Gasteiger partial charge in [-0.1, -0.05) is 94.9 Å². The van der Waals surface area contributed by atoms with E-state index in [4.69, 9.17) is 69.3 Å². The molecule has 266 valence electrons. The molecule has 6 aromatic carbocycles. The molecule has 0 radical (unpaired) electrons. The molecule has 0 aromatic heterocycles. The first kappa shape index (κ1) is 37.0. The van der Waals surface area contributed by atoms with Crippen LogP contribution in [0.15, 0.2) is 103 Å². The summed E-state index contributed by atoms with van der Waals surface area (Å²) in [6.45, 7) is 0. The van der Waals surface area contributed by atoms with E-state index in [1.165, 1.54) is 48.5 Å². The van der Waals surface area contributed by atoms with Crippen molar-refractivity contribution < 1.29 is 25.9 Å². The summed E-state index contributed by atoms with van der Waals surface area (Å²) in [5.74, 6) is 0. The van der Waals surface area contributed by atoms with Crippen LogP contribution in [0.4, 0.5) is 45.5 Å². The number of azo groups is 2. The van der Waals surface area contributed by atoms with E-state index in [0.29, 0.717) is 11.1 Å². The fourth-order valence-electron chi connectivity index (χ4n) is 5.51. The van der Waals surface area contributed by atoms with Crippen LogP contribution in [0.25, 0.3) is 32.7 Å². The minimum absolute atomic E-state index is 0.000466. The number of hydrogen-bond donors (Lipinski definition) is 6. The van der Waals surface area contributed by atoms with Gasteiger partial charge in [-0.25, -0.2) is 0 Å². The highest BCUT2D eigenvalue weighted by molar-refractivity contribution is 7.86. The van der Waals surface area contributed by atoms with Crippen LogP contribution in [0.5, 0.6) is 0 Å². The molecule has 0 atom stereocenters. The Morgan fingerprint density at radius 2 is 0.712 bits per heavy atom. The topological polar surface area (TPSA) is 262 Å². The summed E-state index contributed by atoms with van der Waals surface area (Å²) in [5, 5.41) is 17.0. The lowest BCUT2D eigenvalue weighted by molar-refractivity contribution is 0.482. The maximum Gasteiger partial charge on any atom is 0.297 e. The summed E-state index contributed by atoms with van der Waals surface area (Å²) in [4.78, 5) is -1.16. The van der Waals surface area contributed by atoms with E-state index in [1.54, 1.807) is 24.3 Å². The van der Waals surface area contributed by atoms with Crippen molar-refractivity contribution in [2.45, 2.75) is 9.79 Å². The number of nitrogens with two attached hydrogens (primary N) is 4. The number of anilines is 4. The molecule has 0 unspecified atom stereocenters. The molecule has 0 aliphatic heterocycles. The van der Waals surface area contributed by atoms with Gasteiger partial charge in [-0.3, -0.25) is 9.11 Å². The molecule has 14 nitrogen and oxygen atoms in total. The summed E-state index contributed by atoms with van der Waals surface area (Å²) in [6.07, 6.45) is 0. The molecule has 0 spiro atoms. The van der Waals surface area contributed by atoms with Crippen LogP contribution in [0.1, 0.15) is 0 Å². The molecule has 0 amide bonds. The lowest BCUT2D eigenvalue weighted by Crippen LogP contribution is -2.06. The van der Waals surface area contributed by atoms with Crippen molar-refractivity contribution in [1.29, 1.82) is 0 Å². The lowest BCUT2D eigenvalue weighted by atomic mass is 10.0. The van der Waals surface area contributed by atoms with Crippen molar-refractivity contribution >= 4 is 134 Å². The molecule has 10 N–H and O–H groups in total. The Hall–Kier alpha value is -4.78. The monoisotopic (exact) mass is 818 g/mol. The van der Waals surface area contributed by atoms with E-state index < -0.39 is 41.4 Å². The molecule has 6 aromatic rings. The first-order valence-electron chi connectivity index (χ1n) is 14.4. The fourth-order valence-corrected chi connectivity index (χ4v) is 8.30. The van der Waals surface area contributed by atoms with E-state index in [-0.39, 0.29) is 75.8 Å². The van der Waals surface area contributed by atoms with Crippen molar-refractivity contribution in [2.24, 2.45) is 20.5 Å². The first-order valence-corrected chi connectivity index (χ1v) is 18.8. The van der Waals surface area contributed by atoms with Gasteiger partial charge in [0.2, 0.25) is 0 Å². The molecule has 6 rings (SSSR count). The van der Waals surface area contributed by atoms with Gasteiger partial charge in [0, 0.05) is 21.5 Å². The Labute approximate surface area is 315 Å². The van der Waals surface area contributed by atoms with Crippen LogP contribution < -0.4 is 22.9 Å². The summed E-state index contributed by atoms with van der Waals surface area (Å²) < 4.78 is 68.7. The largest absolute Gasteiger partial charge is 0.396 e. The predicted octanol–water partition coefficient (Wildman–Crippen LogP) is 9.93. The van der Waals surface area contributed by atoms with Crippen molar-refractivity contribution in [2.75, 3.05) is 22.9 Å². The maximum atomic E-state index is 12.2. The highest BCUT2D eigenvalue weighted by Crippen LogP contribution is 2.47. The zero-order valence-corrected chi connectivity index (χ0v) is 30.5. The highest BCUT2D eigenvalue weighted by Gasteiger charge is 2.26. The number of halogens is 4. The molecular weight excluding hydrogens is 798 g/mol. The number of nitrogens with zero attached hydrogens (tertiary/aromatic N) is 4. The third-order valence-corrected chi connectivity index (χ3v) is 10.9. The minimum atomic E-state index is -4.79. The molecule has 0 saturated carbocycles. The maximum absolute atomic E-state index is 12.2. The van der Waals surface area contributed by atoms with E-state index in [1.807, 2.05) is 0 Å². The Morgan fingerprint density at radius 1 is 0.442 bits per heavy atom. The Bertz CT molecular complexity index is 2560. The van der Waals surface area contributed by atoms with Crippen LogP contribution in [0.2, 0.25) is 20.1 Å². The standard InChI is InChI=1S/C32H22Cl4N8O6S2/c33-19-9-13(10-20(34)27(19)41-43-29-23(37)15-5-1-3-7-17(15)31(25(29)39)51(45,46)47)14-11-21(35)28(22(36)12-14)42-44-30-24(38)16-6-2-4-8-18(16)32(26(30)40)52(48,49)50/h1-12H,37-40H2,(H,45,46,47)(H,48,49,50)/b43-41+,44-42+. The summed E-state index contributed by atoms with van der Waals surface area (Å²) in [6, 6.07) is 18.2. The van der Waals surface area contributed by atoms with Crippen molar-refractivity contribution in [3.8, 4) is 11.1 Å². The normalized spacial score (nSPS) is 12.5. The Balaban J connectivity index is 1.37. The lowest BCUT2D eigenvalue weighted by Gasteiger charge is -2.14. The summed E-state index contributed by atoms with van der Waals surface area (Å²) in [7, 11) is -9.59. The van der Waals surface area contributed by atoms with Gasteiger partial charge < -0.3 is 22.9 Å². The average molecular weight is 821 g/mol. The number of nitrogen functional groups attached to an aromatic ring is 4. The predicted molar refractivity (Wildman–Crippen MR) is 205 cm³/mol. The average Bonchev–Trinajstić information content (AvgIpc) is 3.05. The number of benzene rings is 6. The van der Waals surface area contributed by atoms with Gasteiger partial charge in [0.05, 0.1) is 42.8 Å². The van der Waals surface area contributed by atoms with E-state index in [0.717, 1.165) is 0 Å². The van der Waals surface area contributed by atoms with Crippen molar-refractivity contribution in [3.05, 3.63) is 92.9 Å². The molecule has 0 bridgehead atoms. The van der Waals surface area contributed by atoms with Crippen molar-refractivity contribution in [3.63, 3.8) is 0 Å². The third kappa shape index (κ3) is 6.66. The van der Waals surface area contributed by atoms with Gasteiger partial charge >= 0.3 is 0 Å². The number of hydrogen-bond acceptors (Lipinski definition) is 12. The van der Waals surface area contributed by atoms with Crippen LogP contribution in [-0.2, 0) is 20.2 Å². The SMILES string of the molecule is Nc1c(/N=N/c2c(Cl)cc(-c3cc(Cl)c(/N=N/c4c(N)c(S(=O)(=O)O)c5ccccc5c4N)c(Cl)c3)cc2Cl)c(N)c2ccccc2c1S(=O)(=O)O. The molecule has 52 heavy (non-hydrogen) atoms. The smallest absolute Gasteiger partial charge is 0.297 e. The first-order chi connectivity index (χ1) is 24.4. The fraction of sp³-hybridized carbons (Fsp3) is 0. The number of rotatable bonds is 7. The zero-order valence-electron chi connectivity index (χ0n) is 25.9. The van der Waals surface area contributed by atoms with Gasteiger partial charge in [0.25, 0.3) is 20.2 Å². The van der Waals surface area contributed by atoms with E-state index >= 15 is 0 Å². The van der Waals surface area contributed by atoms with E-state index in [9.17, 15) is 25.9 Å². The molecule has 0 fully saturated rings. The second kappa shape index (κ2) is 13.6. The van der Waals surface area contributed by atoms with Gasteiger partial charge in [-0.2, -0.15) is 16.8 Å². The van der Waals surface area contributed by atoms with Crippen LogP contribution >= 0.6 is 46.4 Å². The number of fused-ring (bicyclic) bond motifs is 2. The molecule has 0 heterocycles. The highest BCUT2D eigenvalue weighted by atomic mass is 35.5. The van der Waals surface area contributed by atoms with E-state index in [2.05, 4.69) is 20.5 Å². The second-order valence-electron chi connectivity index (χ2n) is 11.0. The van der Waals surface area contributed by atoms with Gasteiger partial charge in [0.15, 0.2) is 0 Å². The van der Waals surface area contributed by atoms with Crippen LogP contribution in [0, 0.1) is 0 Å². The second-order valence-corrected chi connectivity index (χ2v) is 15.4. The molecule has 0 aliphatic carbocycles. The van der Waals surface area contributed by atoms with Gasteiger partial charge in [-0.05, 0) is 35.4 Å². The zero-order chi connectivity index (χ0) is 37.9. The molecular formula is C32H22Cl4N8O6S2. The van der Waals surface area contributed by atoms with Crippen LogP contribution in [0.3, 0.4) is 0 Å².